The molecular formula is C18H20N4O4S. The normalized spacial score (nSPS) is 10.6. The molecule has 1 aromatic carbocycles. The van der Waals surface area contributed by atoms with Crippen molar-refractivity contribution >= 4 is 34.3 Å². The van der Waals surface area contributed by atoms with Crippen molar-refractivity contribution in [2.45, 2.75) is 20.8 Å². The molecule has 0 unspecified atom stereocenters. The summed E-state index contributed by atoms with van der Waals surface area (Å²) < 4.78 is 11.8. The van der Waals surface area contributed by atoms with Gasteiger partial charge in [0.1, 0.15) is 5.69 Å². The highest BCUT2D eigenvalue weighted by molar-refractivity contribution is 7.17. The minimum absolute atomic E-state index is 0.158. The van der Waals surface area contributed by atoms with Crippen LogP contribution in [0.2, 0.25) is 0 Å². The largest absolute Gasteiger partial charge is 0.449 e. The fraction of sp³-hybridized carbons (Fsp3) is 0.278. The highest BCUT2D eigenvalue weighted by Gasteiger charge is 2.29. The number of anilines is 1. The van der Waals surface area contributed by atoms with Gasteiger partial charge in [0.25, 0.3) is 0 Å². The summed E-state index contributed by atoms with van der Waals surface area (Å²) in [6, 6.07) is 9.43. The molecular weight excluding hydrogens is 368 g/mol. The predicted molar refractivity (Wildman–Crippen MR) is 103 cm³/mol. The topological polar surface area (TPSA) is 85.2 Å². The lowest BCUT2D eigenvalue weighted by atomic mass is 10.1. The zero-order valence-corrected chi connectivity index (χ0v) is 16.1. The standard InChI is InChI=1S/C18H20N4O4S/c1-4-25-17(23)20-22(18(24)26-5-2)15-14(13-9-7-6-8-10-13)19-16-21(15)11-12(3)27-16/h6-11H,4-5H2,1-3H3,(H,20,23). The Morgan fingerprint density at radius 3 is 2.56 bits per heavy atom. The molecule has 0 fully saturated rings. The summed E-state index contributed by atoms with van der Waals surface area (Å²) in [5.74, 6) is 0.382. The number of amides is 2. The summed E-state index contributed by atoms with van der Waals surface area (Å²) in [7, 11) is 0. The summed E-state index contributed by atoms with van der Waals surface area (Å²) in [5, 5.41) is 1.04. The number of aryl methyl sites for hydroxylation is 1. The Morgan fingerprint density at radius 2 is 1.89 bits per heavy atom. The number of nitrogens with zero attached hydrogens (tertiary/aromatic N) is 3. The summed E-state index contributed by atoms with van der Waals surface area (Å²) in [6.07, 6.45) is 0.369. The van der Waals surface area contributed by atoms with Gasteiger partial charge in [-0.1, -0.05) is 30.3 Å². The van der Waals surface area contributed by atoms with Gasteiger partial charge in [0, 0.05) is 16.6 Å². The van der Waals surface area contributed by atoms with E-state index in [0.29, 0.717) is 16.5 Å². The molecule has 2 aromatic heterocycles. The summed E-state index contributed by atoms with van der Waals surface area (Å²) in [4.78, 5) is 31.0. The van der Waals surface area contributed by atoms with Crippen molar-refractivity contribution in [3.05, 3.63) is 41.4 Å². The molecule has 9 heteroatoms. The lowest BCUT2D eigenvalue weighted by Gasteiger charge is -2.22. The molecule has 0 aliphatic heterocycles. The number of carbonyl (C=O) groups excluding carboxylic acids is 2. The molecule has 142 valence electrons. The van der Waals surface area contributed by atoms with Gasteiger partial charge in [-0.15, -0.1) is 11.3 Å². The first-order valence-electron chi connectivity index (χ1n) is 8.49. The Bertz CT molecular complexity index is 951. The molecule has 0 saturated heterocycles. The Kier molecular flexibility index (Phi) is 5.60. The van der Waals surface area contributed by atoms with Gasteiger partial charge in [-0.05, 0) is 20.8 Å². The first-order valence-corrected chi connectivity index (χ1v) is 9.31. The number of nitrogens with one attached hydrogen (secondary N) is 1. The maximum atomic E-state index is 12.6. The zero-order chi connectivity index (χ0) is 19.4. The van der Waals surface area contributed by atoms with Crippen molar-refractivity contribution in [1.29, 1.82) is 0 Å². The van der Waals surface area contributed by atoms with E-state index in [1.165, 1.54) is 11.3 Å². The van der Waals surface area contributed by atoms with Crippen molar-refractivity contribution in [2.75, 3.05) is 18.2 Å². The highest BCUT2D eigenvalue weighted by Crippen LogP contribution is 2.34. The number of hydrogen-bond donors (Lipinski definition) is 1. The van der Waals surface area contributed by atoms with Crippen LogP contribution in [-0.2, 0) is 9.47 Å². The van der Waals surface area contributed by atoms with Crippen LogP contribution >= 0.6 is 11.3 Å². The smallest absolute Gasteiger partial charge is 0.435 e. The fourth-order valence-corrected chi connectivity index (χ4v) is 3.40. The Balaban J connectivity index is 2.16. The van der Waals surface area contributed by atoms with E-state index in [1.54, 1.807) is 18.2 Å². The number of fused-ring (bicyclic) bond motifs is 1. The van der Waals surface area contributed by atoms with Gasteiger partial charge in [0.2, 0.25) is 0 Å². The minimum Gasteiger partial charge on any atom is -0.449 e. The van der Waals surface area contributed by atoms with Gasteiger partial charge in [-0.3, -0.25) is 4.40 Å². The van der Waals surface area contributed by atoms with Crippen molar-refractivity contribution in [1.82, 2.24) is 14.8 Å². The Hall–Kier alpha value is -3.07. The van der Waals surface area contributed by atoms with E-state index in [9.17, 15) is 9.59 Å². The van der Waals surface area contributed by atoms with Crippen LogP contribution < -0.4 is 10.4 Å². The van der Waals surface area contributed by atoms with E-state index in [0.717, 1.165) is 15.4 Å². The Morgan fingerprint density at radius 1 is 1.19 bits per heavy atom. The van der Waals surface area contributed by atoms with Crippen LogP contribution in [0.25, 0.3) is 16.2 Å². The van der Waals surface area contributed by atoms with Gasteiger partial charge >= 0.3 is 12.2 Å². The summed E-state index contributed by atoms with van der Waals surface area (Å²) in [5.41, 5.74) is 3.81. The molecule has 3 rings (SSSR count). The van der Waals surface area contributed by atoms with Gasteiger partial charge in [0.15, 0.2) is 10.8 Å². The maximum Gasteiger partial charge on any atom is 0.435 e. The Labute approximate surface area is 160 Å². The average Bonchev–Trinajstić information content (AvgIpc) is 3.17. The van der Waals surface area contributed by atoms with Crippen molar-refractivity contribution in [2.24, 2.45) is 0 Å². The van der Waals surface area contributed by atoms with Crippen LogP contribution in [0.15, 0.2) is 36.5 Å². The predicted octanol–water partition coefficient (Wildman–Crippen LogP) is 4.00. The third-order valence-electron chi connectivity index (χ3n) is 3.60. The monoisotopic (exact) mass is 388 g/mol. The number of imidazole rings is 1. The van der Waals surface area contributed by atoms with Crippen LogP contribution in [0.4, 0.5) is 15.4 Å². The van der Waals surface area contributed by atoms with Gasteiger partial charge in [-0.25, -0.2) is 20.0 Å². The van der Waals surface area contributed by atoms with Gasteiger partial charge < -0.3 is 9.47 Å². The van der Waals surface area contributed by atoms with Gasteiger partial charge in [-0.2, -0.15) is 5.01 Å². The molecule has 0 atom stereocenters. The minimum atomic E-state index is -0.758. The molecule has 0 saturated carbocycles. The second-order valence-corrected chi connectivity index (χ2v) is 6.72. The number of aromatic nitrogens is 2. The molecule has 0 aliphatic carbocycles. The number of thiazole rings is 1. The first-order chi connectivity index (χ1) is 13.0. The fourth-order valence-electron chi connectivity index (χ4n) is 2.58. The summed E-state index contributed by atoms with van der Waals surface area (Å²) >= 11 is 1.48. The zero-order valence-electron chi connectivity index (χ0n) is 15.3. The molecule has 3 aromatic rings. The third kappa shape index (κ3) is 3.87. The van der Waals surface area contributed by atoms with E-state index >= 15 is 0 Å². The lowest BCUT2D eigenvalue weighted by Crippen LogP contribution is -2.47. The van der Waals surface area contributed by atoms with E-state index in [-0.39, 0.29) is 13.2 Å². The molecule has 0 bridgehead atoms. The number of ether oxygens (including phenoxy) is 2. The molecule has 2 amide bonds. The van der Waals surface area contributed by atoms with Crippen LogP contribution in [0.5, 0.6) is 0 Å². The maximum absolute atomic E-state index is 12.6. The molecule has 2 heterocycles. The van der Waals surface area contributed by atoms with Crippen LogP contribution in [0, 0.1) is 6.92 Å². The highest BCUT2D eigenvalue weighted by atomic mass is 32.1. The second-order valence-electron chi connectivity index (χ2n) is 5.51. The molecule has 0 spiro atoms. The first kappa shape index (κ1) is 18.7. The molecule has 0 radical (unpaired) electrons. The number of carbonyl (C=O) groups is 2. The number of hydrazine groups is 1. The SMILES string of the molecule is CCOC(=O)NN(C(=O)OCC)c1c(-c2ccccc2)nc2sc(C)cn12. The number of rotatable bonds is 4. The second kappa shape index (κ2) is 8.09. The van der Waals surface area contributed by atoms with Crippen molar-refractivity contribution < 1.29 is 19.1 Å². The van der Waals surface area contributed by atoms with Crippen LogP contribution in [0.1, 0.15) is 18.7 Å². The lowest BCUT2D eigenvalue weighted by molar-refractivity contribution is 0.138. The molecule has 0 aliphatic rings. The van der Waals surface area contributed by atoms with E-state index in [2.05, 4.69) is 10.4 Å². The number of benzene rings is 1. The van der Waals surface area contributed by atoms with E-state index in [4.69, 9.17) is 9.47 Å². The molecule has 1 N–H and O–H groups in total. The van der Waals surface area contributed by atoms with Crippen molar-refractivity contribution in [3.8, 4) is 11.3 Å². The summed E-state index contributed by atoms with van der Waals surface area (Å²) in [6.45, 7) is 5.65. The van der Waals surface area contributed by atoms with E-state index < -0.39 is 12.2 Å². The molecule has 8 nitrogen and oxygen atoms in total. The third-order valence-corrected chi connectivity index (χ3v) is 4.50. The van der Waals surface area contributed by atoms with Crippen molar-refractivity contribution in [3.63, 3.8) is 0 Å². The molecule has 27 heavy (non-hydrogen) atoms. The van der Waals surface area contributed by atoms with Gasteiger partial charge in [0.05, 0.1) is 13.2 Å². The van der Waals surface area contributed by atoms with Crippen LogP contribution in [0.3, 0.4) is 0 Å². The quantitative estimate of drug-likeness (QED) is 0.683. The van der Waals surface area contributed by atoms with E-state index in [1.807, 2.05) is 43.5 Å². The average molecular weight is 388 g/mol. The number of hydrogen-bond acceptors (Lipinski definition) is 6. The van der Waals surface area contributed by atoms with Crippen LogP contribution in [-0.4, -0.2) is 34.8 Å².